The molecule has 20 heavy (non-hydrogen) atoms. The van der Waals surface area contributed by atoms with Crippen molar-refractivity contribution < 1.29 is 14.3 Å². The predicted molar refractivity (Wildman–Crippen MR) is 75.1 cm³/mol. The summed E-state index contributed by atoms with van der Waals surface area (Å²) in [6, 6.07) is 0.0446. The van der Waals surface area contributed by atoms with Crippen LogP contribution in [0.4, 0.5) is 0 Å². The van der Waals surface area contributed by atoms with Crippen LogP contribution in [0.15, 0.2) is 11.6 Å². The largest absolute Gasteiger partial charge is 0.361 e. The van der Waals surface area contributed by atoms with Crippen molar-refractivity contribution >= 4 is 5.91 Å². The maximum absolute atomic E-state index is 12.7. The van der Waals surface area contributed by atoms with Gasteiger partial charge >= 0.3 is 0 Å². The molecule has 0 aromatic rings. The van der Waals surface area contributed by atoms with E-state index in [0.717, 1.165) is 6.54 Å². The first-order valence-corrected chi connectivity index (χ1v) is 7.53. The summed E-state index contributed by atoms with van der Waals surface area (Å²) in [5, 5.41) is 3.48. The van der Waals surface area contributed by atoms with Gasteiger partial charge in [-0.2, -0.15) is 0 Å². The first kappa shape index (κ1) is 14.0. The Morgan fingerprint density at radius 1 is 1.55 bits per heavy atom. The molecule has 2 fully saturated rings. The molecule has 0 aromatic carbocycles. The summed E-state index contributed by atoms with van der Waals surface area (Å²) in [6.07, 6.45) is 1.74. The van der Waals surface area contributed by atoms with E-state index < -0.39 is 5.60 Å². The maximum Gasteiger partial charge on any atom is 0.232 e. The number of rotatable bonds is 3. The summed E-state index contributed by atoms with van der Waals surface area (Å²) >= 11 is 0. The van der Waals surface area contributed by atoms with Crippen molar-refractivity contribution in [1.29, 1.82) is 0 Å². The van der Waals surface area contributed by atoms with E-state index in [0.29, 0.717) is 13.2 Å². The van der Waals surface area contributed by atoms with Gasteiger partial charge in [-0.25, -0.2) is 0 Å². The highest BCUT2D eigenvalue weighted by molar-refractivity contribution is 5.84. The summed E-state index contributed by atoms with van der Waals surface area (Å²) in [5.41, 5.74) is 0.860. The van der Waals surface area contributed by atoms with Crippen LogP contribution in [0.25, 0.3) is 0 Å². The average Bonchev–Trinajstić information content (AvgIpc) is 2.81. The van der Waals surface area contributed by atoms with Gasteiger partial charge in [-0.15, -0.1) is 0 Å². The molecule has 3 aliphatic rings. The monoisotopic (exact) mass is 280 g/mol. The van der Waals surface area contributed by atoms with Gasteiger partial charge in [0, 0.05) is 19.7 Å². The molecule has 1 N–H and O–H groups in total. The number of carbonyl (C=O) groups is 1. The number of nitrogens with zero attached hydrogens (tertiary/aromatic N) is 1. The fraction of sp³-hybridized carbons (Fsp3) is 0.800. The van der Waals surface area contributed by atoms with Crippen LogP contribution >= 0.6 is 0 Å². The van der Waals surface area contributed by atoms with E-state index in [2.05, 4.69) is 25.2 Å². The second kappa shape index (κ2) is 4.83. The van der Waals surface area contributed by atoms with Gasteiger partial charge in [0.2, 0.25) is 5.91 Å². The van der Waals surface area contributed by atoms with Crippen LogP contribution in [0.3, 0.4) is 0 Å². The molecule has 0 unspecified atom stereocenters. The van der Waals surface area contributed by atoms with E-state index in [4.69, 9.17) is 9.47 Å². The summed E-state index contributed by atoms with van der Waals surface area (Å²) in [6.45, 7) is 10.2. The second-order valence-corrected chi connectivity index (χ2v) is 6.11. The molecule has 112 valence electrons. The van der Waals surface area contributed by atoms with Crippen molar-refractivity contribution in [2.45, 2.75) is 51.7 Å². The van der Waals surface area contributed by atoms with Crippen molar-refractivity contribution in [2.24, 2.45) is 5.92 Å². The number of hydrogen-bond donors (Lipinski definition) is 1. The molecule has 0 saturated carbocycles. The number of amides is 1. The highest BCUT2D eigenvalue weighted by atomic mass is 16.6. The SMILES string of the molecule is CCO[C@@H]1[C@H]2O[C@@]3(C)C=C(C)CN[C@H]3[C@H]2C(=O)N1CC. The quantitative estimate of drug-likeness (QED) is 0.781. The number of carbonyl (C=O) groups excluding carboxylic acids is 1. The van der Waals surface area contributed by atoms with E-state index in [9.17, 15) is 4.79 Å². The molecule has 2 saturated heterocycles. The van der Waals surface area contributed by atoms with Gasteiger partial charge in [0.05, 0.1) is 12.0 Å². The predicted octanol–water partition coefficient (Wildman–Crippen LogP) is 0.903. The third-order valence-electron chi connectivity index (χ3n) is 4.69. The number of hydrogen-bond acceptors (Lipinski definition) is 4. The van der Waals surface area contributed by atoms with E-state index in [1.807, 2.05) is 18.7 Å². The molecule has 3 heterocycles. The zero-order valence-corrected chi connectivity index (χ0v) is 12.7. The van der Waals surface area contributed by atoms with Gasteiger partial charge in [0.1, 0.15) is 11.7 Å². The first-order valence-electron chi connectivity index (χ1n) is 7.53. The smallest absolute Gasteiger partial charge is 0.232 e. The molecular weight excluding hydrogens is 256 g/mol. The lowest BCUT2D eigenvalue weighted by Crippen LogP contribution is -2.54. The normalized spacial score (nSPS) is 43.5. The van der Waals surface area contributed by atoms with E-state index in [1.54, 1.807) is 0 Å². The van der Waals surface area contributed by atoms with Gasteiger partial charge < -0.3 is 19.7 Å². The number of likely N-dealkylation sites (N-methyl/N-ethyl adjacent to an activating group) is 1. The Hall–Kier alpha value is -0.910. The number of fused-ring (bicyclic) bond motifs is 3. The highest BCUT2D eigenvalue weighted by Crippen LogP contribution is 2.45. The zero-order chi connectivity index (χ0) is 14.5. The van der Waals surface area contributed by atoms with Gasteiger partial charge in [0.15, 0.2) is 6.23 Å². The standard InChI is InChI=1S/C15H24N2O3/c1-5-17-13(18)10-11(14(17)19-6-2)20-15(4)7-9(3)8-16-12(10)15/h7,10-12,14,16H,5-6,8H2,1-4H3/t10-,11-,12-,14+,15-/m0/s1. The zero-order valence-electron chi connectivity index (χ0n) is 12.7. The molecule has 0 bridgehead atoms. The van der Waals surface area contributed by atoms with Gasteiger partial charge in [-0.05, 0) is 27.7 Å². The van der Waals surface area contributed by atoms with Crippen LogP contribution in [-0.4, -0.2) is 54.5 Å². The topological polar surface area (TPSA) is 50.8 Å². The molecule has 3 rings (SSSR count). The minimum atomic E-state index is -0.400. The van der Waals surface area contributed by atoms with Crippen molar-refractivity contribution in [1.82, 2.24) is 10.2 Å². The number of nitrogens with one attached hydrogen (secondary N) is 1. The fourth-order valence-corrected chi connectivity index (χ4v) is 3.95. The Morgan fingerprint density at radius 2 is 2.30 bits per heavy atom. The molecule has 5 atom stereocenters. The molecule has 0 spiro atoms. The molecule has 0 radical (unpaired) electrons. The van der Waals surface area contributed by atoms with Crippen LogP contribution in [0.1, 0.15) is 27.7 Å². The van der Waals surface area contributed by atoms with Crippen molar-refractivity contribution in [3.8, 4) is 0 Å². The van der Waals surface area contributed by atoms with E-state index in [-0.39, 0.29) is 30.2 Å². The van der Waals surface area contributed by atoms with Gasteiger partial charge in [0.25, 0.3) is 0 Å². The summed E-state index contributed by atoms with van der Waals surface area (Å²) in [4.78, 5) is 14.5. The molecular formula is C15H24N2O3. The third kappa shape index (κ3) is 1.84. The van der Waals surface area contributed by atoms with Crippen LogP contribution in [-0.2, 0) is 14.3 Å². The average molecular weight is 280 g/mol. The Labute approximate surface area is 120 Å². The third-order valence-corrected chi connectivity index (χ3v) is 4.69. The van der Waals surface area contributed by atoms with Crippen LogP contribution in [0.5, 0.6) is 0 Å². The van der Waals surface area contributed by atoms with Crippen molar-refractivity contribution in [3.63, 3.8) is 0 Å². The molecule has 1 amide bonds. The van der Waals surface area contributed by atoms with Crippen molar-refractivity contribution in [3.05, 3.63) is 11.6 Å². The molecule has 5 nitrogen and oxygen atoms in total. The second-order valence-electron chi connectivity index (χ2n) is 6.11. The Kier molecular flexibility index (Phi) is 3.39. The molecule has 3 aliphatic heterocycles. The van der Waals surface area contributed by atoms with E-state index >= 15 is 0 Å². The summed E-state index contributed by atoms with van der Waals surface area (Å²) in [7, 11) is 0. The Bertz CT molecular complexity index is 450. The molecule has 0 aliphatic carbocycles. The maximum atomic E-state index is 12.7. The highest BCUT2D eigenvalue weighted by Gasteiger charge is 2.63. The first-order chi connectivity index (χ1) is 9.51. The Balaban J connectivity index is 1.94. The van der Waals surface area contributed by atoms with Gasteiger partial charge in [-0.1, -0.05) is 11.6 Å². The lowest BCUT2D eigenvalue weighted by Gasteiger charge is -2.36. The van der Waals surface area contributed by atoms with Crippen LogP contribution in [0.2, 0.25) is 0 Å². The van der Waals surface area contributed by atoms with Crippen LogP contribution in [0, 0.1) is 5.92 Å². The minimum Gasteiger partial charge on any atom is -0.361 e. The molecule has 0 aromatic heterocycles. The Morgan fingerprint density at radius 3 is 2.95 bits per heavy atom. The lowest BCUT2D eigenvalue weighted by molar-refractivity contribution is -0.149. The van der Waals surface area contributed by atoms with Crippen molar-refractivity contribution in [2.75, 3.05) is 19.7 Å². The minimum absolute atomic E-state index is 0.0446. The van der Waals surface area contributed by atoms with E-state index in [1.165, 1.54) is 5.57 Å². The molecule has 5 heteroatoms. The number of ether oxygens (including phenoxy) is 2. The number of likely N-dealkylation sites (tertiary alicyclic amines) is 1. The fourth-order valence-electron chi connectivity index (χ4n) is 3.95. The lowest BCUT2D eigenvalue weighted by atomic mass is 9.84. The van der Waals surface area contributed by atoms with Crippen LogP contribution < -0.4 is 5.32 Å². The van der Waals surface area contributed by atoms with Gasteiger partial charge in [-0.3, -0.25) is 4.79 Å². The summed E-state index contributed by atoms with van der Waals surface area (Å²) in [5.74, 6) is 0.0194. The summed E-state index contributed by atoms with van der Waals surface area (Å²) < 4.78 is 12.1.